The van der Waals surface area contributed by atoms with Crippen molar-refractivity contribution >= 4 is 23.5 Å². The van der Waals surface area contributed by atoms with Crippen LogP contribution in [0.4, 0.5) is 0 Å². The van der Waals surface area contributed by atoms with Crippen LogP contribution in [0.2, 0.25) is 0 Å². The molecule has 0 aliphatic heterocycles. The molecule has 0 atom stereocenters. The summed E-state index contributed by atoms with van der Waals surface area (Å²) in [5, 5.41) is 0. The monoisotopic (exact) mass is 767 g/mol. The maximum atomic E-state index is 5.69. The second-order valence-corrected chi connectivity index (χ2v) is 9.59. The zero-order valence-electron chi connectivity index (χ0n) is 23.6. The van der Waals surface area contributed by atoms with Crippen LogP contribution in [0.15, 0.2) is 70.7 Å². The molecule has 0 amide bonds. The molecule has 0 saturated heterocycles. The van der Waals surface area contributed by atoms with Crippen molar-refractivity contribution in [2.75, 3.05) is 32.3 Å². The summed E-state index contributed by atoms with van der Waals surface area (Å²) in [7, 11) is 0. The minimum atomic E-state index is 0. The molecular weight excluding hydrogens is 736 g/mol. The van der Waals surface area contributed by atoms with E-state index in [4.69, 9.17) is 25.4 Å². The van der Waals surface area contributed by atoms with Crippen LogP contribution in [0.25, 0.3) is 22.5 Å². The second kappa shape index (κ2) is 18.3. The molecule has 2 aromatic heterocycles. The maximum Gasteiger partial charge on any atom is 2.00 e. The first-order chi connectivity index (χ1) is 19.6. The number of hydrogen-bond donors (Lipinski definition) is 0. The van der Waals surface area contributed by atoms with E-state index in [2.05, 4.69) is 28.2 Å². The number of hydrogen-bond acceptors (Lipinski definition) is 8. The molecule has 0 radical (unpaired) electrons. The molecule has 2 aromatic carbocycles. The molecule has 0 bridgehead atoms. The molecular formula is C32H32N2O4PtS2. The van der Waals surface area contributed by atoms with E-state index in [9.17, 15) is 0 Å². The second-order valence-electron chi connectivity index (χ2n) is 7.83. The average molecular weight is 768 g/mol. The number of terminal acetylenes is 1. The van der Waals surface area contributed by atoms with E-state index < -0.39 is 0 Å². The third-order valence-electron chi connectivity index (χ3n) is 5.29. The van der Waals surface area contributed by atoms with Gasteiger partial charge in [0.2, 0.25) is 0 Å². The fraction of sp³-hybridized carbons (Fsp3) is 0.250. The Morgan fingerprint density at radius 3 is 1.63 bits per heavy atom. The molecule has 9 heteroatoms. The Bertz CT molecular complexity index is 1430. The minimum absolute atomic E-state index is 0. The van der Waals surface area contributed by atoms with Crippen LogP contribution in [0.3, 0.4) is 0 Å². The van der Waals surface area contributed by atoms with Crippen molar-refractivity contribution in [3.63, 3.8) is 0 Å². The van der Waals surface area contributed by atoms with Crippen molar-refractivity contribution < 1.29 is 40.0 Å². The Morgan fingerprint density at radius 1 is 0.732 bits per heavy atom. The molecule has 0 spiro atoms. The first kappa shape index (κ1) is 34.1. The van der Waals surface area contributed by atoms with Gasteiger partial charge in [-0.15, -0.1) is 47.8 Å². The summed E-state index contributed by atoms with van der Waals surface area (Å²) in [5.74, 6) is 2.71. The van der Waals surface area contributed by atoms with Crippen molar-refractivity contribution in [3.8, 4) is 58.0 Å². The molecule has 216 valence electrons. The zero-order chi connectivity index (χ0) is 28.7. The topological polar surface area (TPSA) is 62.7 Å². The Hall–Kier alpha value is -3.11. The smallest absolute Gasteiger partial charge is 0.537 e. The molecule has 0 fully saturated rings. The van der Waals surface area contributed by atoms with Gasteiger partial charge in [0.25, 0.3) is 0 Å². The normalized spacial score (nSPS) is 9.85. The van der Waals surface area contributed by atoms with Crippen molar-refractivity contribution in [3.05, 3.63) is 73.1 Å². The summed E-state index contributed by atoms with van der Waals surface area (Å²) in [6, 6.07) is 21.5. The predicted molar refractivity (Wildman–Crippen MR) is 164 cm³/mol. The summed E-state index contributed by atoms with van der Waals surface area (Å²) >= 11 is 3.34. The Balaban J connectivity index is 0.000000280. The molecule has 41 heavy (non-hydrogen) atoms. The van der Waals surface area contributed by atoms with Gasteiger partial charge in [0.15, 0.2) is 0 Å². The van der Waals surface area contributed by atoms with Gasteiger partial charge in [-0.2, -0.15) is 0 Å². The predicted octanol–water partition coefficient (Wildman–Crippen LogP) is 7.70. The Morgan fingerprint density at radius 2 is 1.20 bits per heavy atom. The van der Waals surface area contributed by atoms with Crippen molar-refractivity contribution in [2.24, 2.45) is 0 Å². The van der Waals surface area contributed by atoms with Gasteiger partial charge >= 0.3 is 21.1 Å². The largest absolute Gasteiger partial charge is 2.00 e. The van der Waals surface area contributed by atoms with E-state index in [-0.39, 0.29) is 21.1 Å². The molecule has 0 aliphatic carbocycles. The molecule has 0 unspecified atom stereocenters. The van der Waals surface area contributed by atoms with Gasteiger partial charge in [-0.25, -0.2) is 0 Å². The zero-order valence-corrected chi connectivity index (χ0v) is 27.5. The minimum Gasteiger partial charge on any atom is -0.537 e. The van der Waals surface area contributed by atoms with E-state index in [1.165, 1.54) is 4.90 Å². The fourth-order valence-corrected chi connectivity index (χ4v) is 4.43. The SMILES string of the molecule is C#COc1cc(OCC)c[c-]c1-c1cc(SC)ccn1.CCOc1c[c-]c(-c2cc(SC)ccn2)c(OCC)c1.[Pt+2]. The Labute approximate surface area is 266 Å². The number of aromatic nitrogens is 2. The molecule has 6 nitrogen and oxygen atoms in total. The molecule has 0 saturated carbocycles. The number of nitrogens with zero attached hydrogens (tertiary/aromatic N) is 2. The number of thioether (sulfide) groups is 2. The number of rotatable bonds is 11. The van der Waals surface area contributed by atoms with E-state index in [0.29, 0.717) is 31.3 Å². The van der Waals surface area contributed by atoms with Crippen LogP contribution in [0, 0.1) is 24.7 Å². The van der Waals surface area contributed by atoms with Crippen molar-refractivity contribution in [1.82, 2.24) is 9.97 Å². The third-order valence-corrected chi connectivity index (χ3v) is 6.74. The van der Waals surface area contributed by atoms with Crippen LogP contribution in [-0.4, -0.2) is 42.3 Å². The molecule has 4 aromatic rings. The molecule has 4 rings (SSSR count). The van der Waals surface area contributed by atoms with Crippen LogP contribution >= 0.6 is 23.5 Å². The number of benzene rings is 2. The van der Waals surface area contributed by atoms with Gasteiger partial charge in [0.1, 0.15) is 6.11 Å². The summed E-state index contributed by atoms with van der Waals surface area (Å²) < 4.78 is 21.8. The number of pyridine rings is 2. The van der Waals surface area contributed by atoms with Gasteiger partial charge in [0.05, 0.1) is 25.6 Å². The van der Waals surface area contributed by atoms with E-state index in [1.54, 1.807) is 48.1 Å². The quantitative estimate of drug-likeness (QED) is 0.0875. The van der Waals surface area contributed by atoms with Crippen molar-refractivity contribution in [2.45, 2.75) is 30.6 Å². The Kier molecular flexibility index (Phi) is 15.3. The first-order valence-corrected chi connectivity index (χ1v) is 15.1. The molecule has 0 aliphatic rings. The van der Waals surface area contributed by atoms with E-state index >= 15 is 0 Å². The summed E-state index contributed by atoms with van der Waals surface area (Å²) in [5.41, 5.74) is 3.22. The van der Waals surface area contributed by atoms with Gasteiger partial charge in [0, 0.05) is 39.4 Å². The van der Waals surface area contributed by atoms with Crippen LogP contribution in [0.5, 0.6) is 23.0 Å². The van der Waals surface area contributed by atoms with Gasteiger partial charge in [-0.3, -0.25) is 0 Å². The van der Waals surface area contributed by atoms with Gasteiger partial charge in [-0.05, 0) is 56.8 Å². The van der Waals surface area contributed by atoms with Crippen LogP contribution in [0.1, 0.15) is 20.8 Å². The van der Waals surface area contributed by atoms with Gasteiger partial charge in [-0.1, -0.05) is 41.8 Å². The fourth-order valence-electron chi connectivity index (χ4n) is 3.58. The van der Waals surface area contributed by atoms with Crippen LogP contribution < -0.4 is 18.9 Å². The molecule has 2 heterocycles. The van der Waals surface area contributed by atoms with Crippen LogP contribution in [-0.2, 0) is 21.1 Å². The number of ether oxygens (including phenoxy) is 4. The van der Waals surface area contributed by atoms with E-state index in [1.807, 2.05) is 69.7 Å². The molecule has 0 N–H and O–H groups in total. The summed E-state index contributed by atoms with van der Waals surface area (Å²) in [4.78, 5) is 11.0. The summed E-state index contributed by atoms with van der Waals surface area (Å²) in [6.45, 7) is 7.63. The maximum absolute atomic E-state index is 5.69. The first-order valence-electron chi connectivity index (χ1n) is 12.7. The van der Waals surface area contributed by atoms with Gasteiger partial charge < -0.3 is 28.9 Å². The standard InChI is InChI=1S/C16H18NO2S.C16H14NO2S.Pt/c2*1-4-18-12-6-7-14(16(10-12)19-5-2)15-11-13(20-3)8-9-17-15;/h6,8-11H,4-5H2,1-3H3;2,6,8-11H,4H2,1,3H3;/q2*-1;+2. The average Bonchev–Trinajstić information content (AvgIpc) is 2.98. The van der Waals surface area contributed by atoms with E-state index in [0.717, 1.165) is 38.9 Å². The third kappa shape index (κ3) is 10.0. The summed E-state index contributed by atoms with van der Waals surface area (Å²) in [6.07, 6.45) is 15.0. The van der Waals surface area contributed by atoms with Crippen molar-refractivity contribution in [1.29, 1.82) is 0 Å².